The van der Waals surface area contributed by atoms with E-state index in [0.717, 1.165) is 45.0 Å². The number of carbonyl (C=O) groups is 1. The van der Waals surface area contributed by atoms with Crippen molar-refractivity contribution in [2.24, 2.45) is 0 Å². The van der Waals surface area contributed by atoms with Crippen LogP contribution < -0.4 is 10.7 Å². The third kappa shape index (κ3) is 4.56. The van der Waals surface area contributed by atoms with Gasteiger partial charge in [-0.3, -0.25) is 14.5 Å². The Bertz CT molecular complexity index is 798. The van der Waals surface area contributed by atoms with E-state index >= 15 is 0 Å². The van der Waals surface area contributed by atoms with Crippen LogP contribution in [-0.2, 0) is 4.74 Å². The molecular weight excluding hydrogens is 332 g/mol. The van der Waals surface area contributed by atoms with Gasteiger partial charge >= 0.3 is 0 Å². The number of aryl methyl sites for hydroxylation is 1. The van der Waals surface area contributed by atoms with Crippen LogP contribution in [0.5, 0.6) is 0 Å². The number of hydrogen-bond donors (Lipinski definition) is 1. The second-order valence-corrected chi connectivity index (χ2v) is 6.31. The number of carbonyl (C=O) groups excluding carboxylic acids is 1. The maximum absolute atomic E-state index is 12.4. The van der Waals surface area contributed by atoms with Crippen LogP contribution in [0.3, 0.4) is 0 Å². The number of para-hydroxylation sites is 1. The van der Waals surface area contributed by atoms with Crippen LogP contribution in [0.4, 0.5) is 0 Å². The van der Waals surface area contributed by atoms with E-state index in [0.29, 0.717) is 12.2 Å². The van der Waals surface area contributed by atoms with Crippen molar-refractivity contribution in [3.8, 4) is 5.69 Å². The van der Waals surface area contributed by atoms with Crippen molar-refractivity contribution in [3.63, 3.8) is 0 Å². The molecule has 26 heavy (non-hydrogen) atoms. The Morgan fingerprint density at radius 1 is 1.23 bits per heavy atom. The van der Waals surface area contributed by atoms with Gasteiger partial charge in [-0.2, -0.15) is 5.10 Å². The molecular formula is C19H24N4O3. The lowest BCUT2D eigenvalue weighted by Gasteiger charge is -2.26. The molecule has 0 atom stereocenters. The maximum Gasteiger partial charge on any atom is 0.275 e. The molecule has 1 aliphatic rings. The highest BCUT2D eigenvalue weighted by molar-refractivity contribution is 5.92. The molecule has 7 nitrogen and oxygen atoms in total. The van der Waals surface area contributed by atoms with Crippen LogP contribution in [0.25, 0.3) is 5.69 Å². The molecule has 138 valence electrons. The SMILES string of the molecule is Cc1cc(=O)c(C(=O)NCCCN2CCOCC2)nn1-c1ccccc1. The molecule has 2 aromatic rings. The summed E-state index contributed by atoms with van der Waals surface area (Å²) in [5, 5.41) is 7.08. The lowest BCUT2D eigenvalue weighted by atomic mass is 10.2. The number of benzene rings is 1. The van der Waals surface area contributed by atoms with Gasteiger partial charge in [0.05, 0.1) is 18.9 Å². The van der Waals surface area contributed by atoms with E-state index in [1.54, 1.807) is 11.6 Å². The number of rotatable bonds is 6. The molecule has 1 aromatic heterocycles. The summed E-state index contributed by atoms with van der Waals surface area (Å²) in [5.41, 5.74) is 1.06. The fourth-order valence-electron chi connectivity index (χ4n) is 2.95. The molecule has 3 rings (SSSR count). The van der Waals surface area contributed by atoms with Gasteiger partial charge < -0.3 is 10.1 Å². The Morgan fingerprint density at radius 2 is 1.96 bits per heavy atom. The van der Waals surface area contributed by atoms with E-state index < -0.39 is 5.91 Å². The van der Waals surface area contributed by atoms with Crippen LogP contribution in [-0.4, -0.2) is 60.0 Å². The molecule has 1 fully saturated rings. The second kappa shape index (κ2) is 8.73. The summed E-state index contributed by atoms with van der Waals surface area (Å²) in [6.45, 7) is 6.59. The topological polar surface area (TPSA) is 76.5 Å². The van der Waals surface area contributed by atoms with Crippen molar-refractivity contribution in [2.75, 3.05) is 39.4 Å². The van der Waals surface area contributed by atoms with E-state index in [1.807, 2.05) is 30.3 Å². The second-order valence-electron chi connectivity index (χ2n) is 6.31. The molecule has 0 bridgehead atoms. The zero-order valence-corrected chi connectivity index (χ0v) is 15.0. The Hall–Kier alpha value is -2.51. The molecule has 2 heterocycles. The summed E-state index contributed by atoms with van der Waals surface area (Å²) in [5.74, 6) is -0.429. The van der Waals surface area contributed by atoms with Crippen molar-refractivity contribution >= 4 is 5.91 Å². The van der Waals surface area contributed by atoms with Crippen molar-refractivity contribution in [1.29, 1.82) is 0 Å². The predicted octanol–water partition coefficient (Wildman–Crippen LogP) is 0.993. The number of nitrogens with zero attached hydrogens (tertiary/aromatic N) is 3. The highest BCUT2D eigenvalue weighted by Crippen LogP contribution is 2.07. The van der Waals surface area contributed by atoms with Gasteiger partial charge in [-0.1, -0.05) is 18.2 Å². The quantitative estimate of drug-likeness (QED) is 0.781. The Morgan fingerprint density at radius 3 is 2.69 bits per heavy atom. The first-order valence-corrected chi connectivity index (χ1v) is 8.90. The fraction of sp³-hybridized carbons (Fsp3) is 0.421. The van der Waals surface area contributed by atoms with E-state index in [4.69, 9.17) is 4.74 Å². The molecule has 1 N–H and O–H groups in total. The van der Waals surface area contributed by atoms with Crippen LogP contribution in [0.1, 0.15) is 22.6 Å². The minimum Gasteiger partial charge on any atom is -0.379 e. The molecule has 1 aliphatic heterocycles. The van der Waals surface area contributed by atoms with E-state index in [9.17, 15) is 9.59 Å². The average molecular weight is 356 g/mol. The van der Waals surface area contributed by atoms with Crippen molar-refractivity contribution in [1.82, 2.24) is 20.0 Å². The van der Waals surface area contributed by atoms with Crippen molar-refractivity contribution < 1.29 is 9.53 Å². The summed E-state index contributed by atoms with van der Waals surface area (Å²) >= 11 is 0. The monoisotopic (exact) mass is 356 g/mol. The first kappa shape index (κ1) is 18.3. The van der Waals surface area contributed by atoms with Crippen LogP contribution in [0.15, 0.2) is 41.2 Å². The summed E-state index contributed by atoms with van der Waals surface area (Å²) in [6.07, 6.45) is 0.824. The third-order valence-electron chi connectivity index (χ3n) is 4.36. The molecule has 0 radical (unpaired) electrons. The molecule has 0 spiro atoms. The normalized spacial score (nSPS) is 15.0. The highest BCUT2D eigenvalue weighted by Gasteiger charge is 2.15. The Kier molecular flexibility index (Phi) is 6.14. The molecule has 0 aliphatic carbocycles. The smallest absolute Gasteiger partial charge is 0.275 e. The standard InChI is InChI=1S/C19H24N4O3/c1-15-14-17(24)18(21-23(15)16-6-3-2-4-7-16)19(25)20-8-5-9-22-10-12-26-13-11-22/h2-4,6-7,14H,5,8-13H2,1H3,(H,20,25). The number of amides is 1. The number of ether oxygens (including phenoxy) is 1. The summed E-state index contributed by atoms with van der Waals surface area (Å²) in [4.78, 5) is 26.9. The van der Waals surface area contributed by atoms with Gasteiger partial charge in [0.15, 0.2) is 5.69 Å². The zero-order chi connectivity index (χ0) is 18.4. The number of nitrogens with one attached hydrogen (secondary N) is 1. The van der Waals surface area contributed by atoms with E-state index in [1.165, 1.54) is 6.07 Å². The van der Waals surface area contributed by atoms with Gasteiger partial charge in [-0.15, -0.1) is 0 Å². The van der Waals surface area contributed by atoms with E-state index in [-0.39, 0.29) is 11.1 Å². The first-order valence-electron chi connectivity index (χ1n) is 8.90. The van der Waals surface area contributed by atoms with Gasteiger partial charge in [0.25, 0.3) is 5.91 Å². The highest BCUT2D eigenvalue weighted by atomic mass is 16.5. The van der Waals surface area contributed by atoms with Crippen LogP contribution in [0.2, 0.25) is 0 Å². The first-order chi connectivity index (χ1) is 12.6. The summed E-state index contributed by atoms with van der Waals surface area (Å²) in [6, 6.07) is 10.9. The minimum atomic E-state index is -0.429. The van der Waals surface area contributed by atoms with Gasteiger partial charge in [-0.05, 0) is 32.0 Å². The molecule has 1 saturated heterocycles. The number of morpholine rings is 1. The van der Waals surface area contributed by atoms with Crippen LogP contribution >= 0.6 is 0 Å². The molecule has 0 saturated carbocycles. The van der Waals surface area contributed by atoms with Crippen LogP contribution in [0, 0.1) is 6.92 Å². The molecule has 0 unspecified atom stereocenters. The minimum absolute atomic E-state index is 0.0779. The third-order valence-corrected chi connectivity index (χ3v) is 4.36. The number of hydrogen-bond acceptors (Lipinski definition) is 5. The maximum atomic E-state index is 12.4. The van der Waals surface area contributed by atoms with Gasteiger partial charge in [-0.25, -0.2) is 4.68 Å². The fourth-order valence-corrected chi connectivity index (χ4v) is 2.95. The Labute approximate surface area is 152 Å². The molecule has 1 amide bonds. The molecule has 1 aromatic carbocycles. The molecule has 7 heteroatoms. The average Bonchev–Trinajstić information content (AvgIpc) is 2.67. The number of aromatic nitrogens is 2. The van der Waals surface area contributed by atoms with E-state index in [2.05, 4.69) is 15.3 Å². The van der Waals surface area contributed by atoms with Gasteiger partial charge in [0, 0.05) is 31.4 Å². The largest absolute Gasteiger partial charge is 0.379 e. The van der Waals surface area contributed by atoms with Crippen molar-refractivity contribution in [2.45, 2.75) is 13.3 Å². The Balaban J connectivity index is 1.62. The van der Waals surface area contributed by atoms with Gasteiger partial charge in [0.1, 0.15) is 0 Å². The van der Waals surface area contributed by atoms with Gasteiger partial charge in [0.2, 0.25) is 5.43 Å². The lowest BCUT2D eigenvalue weighted by molar-refractivity contribution is 0.0374. The predicted molar refractivity (Wildman–Crippen MR) is 98.8 cm³/mol. The zero-order valence-electron chi connectivity index (χ0n) is 15.0. The lowest BCUT2D eigenvalue weighted by Crippen LogP contribution is -2.38. The summed E-state index contributed by atoms with van der Waals surface area (Å²) < 4.78 is 6.93. The van der Waals surface area contributed by atoms with Crippen molar-refractivity contribution in [3.05, 3.63) is 58.0 Å². The summed E-state index contributed by atoms with van der Waals surface area (Å²) in [7, 11) is 0.